The van der Waals surface area contributed by atoms with Gasteiger partial charge in [-0.25, -0.2) is 0 Å². The summed E-state index contributed by atoms with van der Waals surface area (Å²) < 4.78 is 4.84. The number of hydrogen-bond donors (Lipinski definition) is 1. The molecule has 0 aromatic heterocycles. The largest absolute Gasteiger partial charge is 0.427 e. The molecule has 0 bridgehead atoms. The van der Waals surface area contributed by atoms with Crippen molar-refractivity contribution in [1.82, 2.24) is 4.81 Å². The third-order valence-electron chi connectivity index (χ3n) is 1.93. The highest BCUT2D eigenvalue weighted by Gasteiger charge is 2.32. The topological polar surface area (TPSA) is 32.7 Å². The molecule has 5 heteroatoms. The summed E-state index contributed by atoms with van der Waals surface area (Å²) in [6.07, 6.45) is 0.909. The van der Waals surface area contributed by atoms with Crippen LogP contribution in [0, 0.1) is 0 Å². The summed E-state index contributed by atoms with van der Waals surface area (Å²) in [7, 11) is 3.21. The fourth-order valence-corrected chi connectivity index (χ4v) is 1.65. The molecule has 0 aromatic rings. The predicted molar refractivity (Wildman–Crippen MR) is 44.6 cm³/mol. The Morgan fingerprint density at radius 1 is 1.82 bits per heavy atom. The maximum atomic E-state index is 8.93. The van der Waals surface area contributed by atoms with Gasteiger partial charge in [0.1, 0.15) is 0 Å². The predicted octanol–water partition coefficient (Wildman–Crippen LogP) is -0.159. The number of alkyl halides is 1. The van der Waals surface area contributed by atoms with Crippen LogP contribution in [0.4, 0.5) is 0 Å². The summed E-state index contributed by atoms with van der Waals surface area (Å²) >= 11 is 5.93. The van der Waals surface area contributed by atoms with E-state index < -0.39 is 0 Å². The van der Waals surface area contributed by atoms with Gasteiger partial charge in [-0.15, -0.1) is 11.6 Å². The van der Waals surface area contributed by atoms with Crippen LogP contribution < -0.4 is 0 Å². The first kappa shape index (κ1) is 9.32. The van der Waals surface area contributed by atoms with Gasteiger partial charge in [0.2, 0.25) is 0 Å². The van der Waals surface area contributed by atoms with Crippen LogP contribution in [0.15, 0.2) is 0 Å². The molecule has 1 fully saturated rings. The minimum absolute atomic E-state index is 0.0246. The molecule has 1 heterocycles. The van der Waals surface area contributed by atoms with Gasteiger partial charge in [-0.3, -0.25) is 0 Å². The third kappa shape index (κ3) is 2.09. The van der Waals surface area contributed by atoms with E-state index >= 15 is 0 Å². The summed E-state index contributed by atoms with van der Waals surface area (Å²) in [5, 5.41) is 8.98. The van der Waals surface area contributed by atoms with E-state index in [1.54, 1.807) is 14.7 Å². The monoisotopic (exact) mass is 176 g/mol. The number of aliphatic hydroxyl groups excluding tert-OH is 1. The van der Waals surface area contributed by atoms with Crippen LogP contribution in [-0.4, -0.2) is 49.2 Å². The van der Waals surface area contributed by atoms with E-state index in [9.17, 15) is 0 Å². The standard InChI is InChI=1S/C6H12BClNO2/c1-11-7-9-3-2-5(8)6(9)4-10/h5-6,10H,2-4H2,1H3/t5?,6-/m0/s1. The van der Waals surface area contributed by atoms with Gasteiger partial charge in [0.25, 0.3) is 0 Å². The van der Waals surface area contributed by atoms with E-state index in [2.05, 4.69) is 0 Å². The van der Waals surface area contributed by atoms with Crippen LogP contribution in [0.25, 0.3) is 0 Å². The number of rotatable bonds is 3. The van der Waals surface area contributed by atoms with Crippen molar-refractivity contribution in [3.05, 3.63) is 0 Å². The molecule has 1 aliphatic heterocycles. The Kier molecular flexibility index (Phi) is 3.65. The van der Waals surface area contributed by atoms with Gasteiger partial charge < -0.3 is 14.6 Å². The molecule has 0 amide bonds. The maximum Gasteiger partial charge on any atom is 0.398 e. The smallest absolute Gasteiger partial charge is 0.398 e. The Balaban J connectivity index is 2.40. The first-order valence-corrected chi connectivity index (χ1v) is 4.10. The number of hydrogen-bond acceptors (Lipinski definition) is 3. The van der Waals surface area contributed by atoms with E-state index in [1.165, 1.54) is 0 Å². The molecule has 1 radical (unpaired) electrons. The Morgan fingerprint density at radius 3 is 3.09 bits per heavy atom. The Morgan fingerprint density at radius 2 is 2.55 bits per heavy atom. The molecule has 0 aromatic carbocycles. The lowest BCUT2D eigenvalue weighted by molar-refractivity contribution is 0.203. The van der Waals surface area contributed by atoms with E-state index in [0.29, 0.717) is 0 Å². The zero-order chi connectivity index (χ0) is 8.27. The second kappa shape index (κ2) is 4.31. The lowest BCUT2D eigenvalue weighted by Gasteiger charge is -2.21. The Bertz CT molecular complexity index is 125. The second-order valence-electron chi connectivity index (χ2n) is 2.63. The van der Waals surface area contributed by atoms with Crippen molar-refractivity contribution < 1.29 is 9.76 Å². The minimum atomic E-state index is 0.0246. The highest BCUT2D eigenvalue weighted by Crippen LogP contribution is 2.21. The van der Waals surface area contributed by atoms with Crippen LogP contribution in [0.1, 0.15) is 6.42 Å². The lowest BCUT2D eigenvalue weighted by Crippen LogP contribution is -2.39. The molecular weight excluding hydrogens is 164 g/mol. The quantitative estimate of drug-likeness (QED) is 0.479. The second-order valence-corrected chi connectivity index (χ2v) is 3.19. The maximum absolute atomic E-state index is 8.93. The van der Waals surface area contributed by atoms with Gasteiger partial charge in [-0.2, -0.15) is 0 Å². The number of nitrogens with zero attached hydrogens (tertiary/aromatic N) is 1. The van der Waals surface area contributed by atoms with Crippen LogP contribution in [0.2, 0.25) is 0 Å². The van der Waals surface area contributed by atoms with Gasteiger partial charge in [-0.05, 0) is 13.0 Å². The SMILES string of the molecule is CO[B]N1CCC(Cl)[C@@H]1CO. The summed E-state index contributed by atoms with van der Waals surface area (Å²) in [5.41, 5.74) is 0. The molecule has 0 saturated carbocycles. The van der Waals surface area contributed by atoms with Gasteiger partial charge in [0.05, 0.1) is 12.0 Å². The zero-order valence-electron chi connectivity index (χ0n) is 6.53. The Labute approximate surface area is 72.6 Å². The molecule has 3 nitrogen and oxygen atoms in total. The zero-order valence-corrected chi connectivity index (χ0v) is 7.29. The first-order valence-electron chi connectivity index (χ1n) is 3.66. The van der Waals surface area contributed by atoms with Crippen molar-refractivity contribution in [2.24, 2.45) is 0 Å². The van der Waals surface area contributed by atoms with Crippen LogP contribution in [0.5, 0.6) is 0 Å². The average Bonchev–Trinajstić information content (AvgIpc) is 2.33. The summed E-state index contributed by atoms with van der Waals surface area (Å²) in [4.78, 5) is 1.93. The number of aliphatic hydroxyl groups is 1. The van der Waals surface area contributed by atoms with Crippen molar-refractivity contribution in [3.8, 4) is 0 Å². The summed E-state index contributed by atoms with van der Waals surface area (Å²) in [5.74, 6) is 0. The third-order valence-corrected chi connectivity index (χ3v) is 2.44. The molecule has 11 heavy (non-hydrogen) atoms. The molecule has 63 valence electrons. The fourth-order valence-electron chi connectivity index (χ4n) is 1.32. The molecule has 1 rings (SSSR count). The van der Waals surface area contributed by atoms with Crippen LogP contribution >= 0.6 is 11.6 Å². The Hall–Kier alpha value is 0.235. The summed E-state index contributed by atoms with van der Waals surface area (Å²) in [6.45, 7) is 0.960. The highest BCUT2D eigenvalue weighted by atomic mass is 35.5. The van der Waals surface area contributed by atoms with Gasteiger partial charge in [-0.1, -0.05) is 0 Å². The van der Waals surface area contributed by atoms with E-state index in [0.717, 1.165) is 13.0 Å². The molecule has 1 saturated heterocycles. The molecular formula is C6H12BClNO2. The molecule has 0 spiro atoms. The number of halogens is 1. The van der Waals surface area contributed by atoms with Crippen molar-refractivity contribution in [1.29, 1.82) is 0 Å². The molecule has 2 atom stereocenters. The molecule has 1 unspecified atom stereocenters. The van der Waals surface area contributed by atoms with Crippen molar-refractivity contribution in [3.63, 3.8) is 0 Å². The molecule has 1 aliphatic rings. The van der Waals surface area contributed by atoms with Gasteiger partial charge in [0, 0.05) is 13.2 Å². The molecule has 1 N–H and O–H groups in total. The van der Waals surface area contributed by atoms with Crippen molar-refractivity contribution in [2.75, 3.05) is 20.3 Å². The van der Waals surface area contributed by atoms with Crippen LogP contribution in [-0.2, 0) is 4.65 Å². The minimum Gasteiger partial charge on any atom is -0.427 e. The van der Waals surface area contributed by atoms with Crippen LogP contribution in [0.3, 0.4) is 0 Å². The van der Waals surface area contributed by atoms with Crippen molar-refractivity contribution in [2.45, 2.75) is 17.8 Å². The van der Waals surface area contributed by atoms with Gasteiger partial charge in [0.15, 0.2) is 0 Å². The average molecular weight is 176 g/mol. The van der Waals surface area contributed by atoms with E-state index in [-0.39, 0.29) is 18.0 Å². The van der Waals surface area contributed by atoms with Crippen molar-refractivity contribution >= 4 is 19.2 Å². The normalized spacial score (nSPS) is 32.6. The van der Waals surface area contributed by atoms with Gasteiger partial charge >= 0.3 is 7.62 Å². The highest BCUT2D eigenvalue weighted by molar-refractivity contribution is 6.25. The lowest BCUT2D eigenvalue weighted by atomic mass is 10.1. The fraction of sp³-hybridized carbons (Fsp3) is 1.00. The first-order chi connectivity index (χ1) is 5.29. The van der Waals surface area contributed by atoms with E-state index in [4.69, 9.17) is 21.4 Å². The van der Waals surface area contributed by atoms with E-state index in [1.807, 2.05) is 4.81 Å². The summed E-state index contributed by atoms with van der Waals surface area (Å²) in [6, 6.07) is 0.0246. The molecule has 0 aliphatic carbocycles.